The smallest absolute Gasteiger partial charge is 0.383 e. The molecule has 0 amide bonds. The van der Waals surface area contributed by atoms with Crippen molar-refractivity contribution in [1.82, 2.24) is 15.1 Å². The minimum atomic E-state index is -4.23. The lowest BCUT2D eigenvalue weighted by Gasteiger charge is -2.20. The Kier molecular flexibility index (Phi) is 5.61. The zero-order valence-corrected chi connectivity index (χ0v) is 11.7. The molecule has 0 aromatic carbocycles. The van der Waals surface area contributed by atoms with Crippen LogP contribution in [-0.4, -0.2) is 36.7 Å². The minimum Gasteiger partial charge on any atom is -0.383 e. The molecule has 1 unspecified atom stereocenters. The average molecular weight is 330 g/mol. The van der Waals surface area contributed by atoms with E-state index in [1.165, 1.54) is 25.0 Å². The third-order valence-corrected chi connectivity index (χ3v) is 3.07. The van der Waals surface area contributed by atoms with E-state index in [1.807, 2.05) is 0 Å². The van der Waals surface area contributed by atoms with Crippen molar-refractivity contribution in [2.75, 3.05) is 20.8 Å². The van der Waals surface area contributed by atoms with E-state index < -0.39 is 18.6 Å². The van der Waals surface area contributed by atoms with Crippen LogP contribution in [0.15, 0.2) is 10.7 Å². The maximum absolute atomic E-state index is 12.5. The zero-order chi connectivity index (χ0) is 13.8. The normalized spacial score (nSPS) is 13.9. The van der Waals surface area contributed by atoms with Gasteiger partial charge in [-0.1, -0.05) is 0 Å². The van der Waals surface area contributed by atoms with Crippen molar-refractivity contribution in [1.29, 1.82) is 0 Å². The van der Waals surface area contributed by atoms with Crippen LogP contribution in [-0.2, 0) is 11.3 Å². The van der Waals surface area contributed by atoms with Gasteiger partial charge in [0.1, 0.15) is 0 Å². The van der Waals surface area contributed by atoms with Gasteiger partial charge in [-0.15, -0.1) is 0 Å². The maximum Gasteiger partial charge on any atom is 0.390 e. The number of ether oxygens (including phenoxy) is 1. The molecule has 104 valence electrons. The van der Waals surface area contributed by atoms with Gasteiger partial charge in [0.25, 0.3) is 0 Å². The number of methoxy groups -OCH3 is 1. The third kappa shape index (κ3) is 4.25. The van der Waals surface area contributed by atoms with Gasteiger partial charge in [-0.05, 0) is 23.0 Å². The highest BCUT2D eigenvalue weighted by Gasteiger charge is 2.34. The van der Waals surface area contributed by atoms with Gasteiger partial charge in [0.15, 0.2) is 0 Å². The van der Waals surface area contributed by atoms with E-state index in [0.29, 0.717) is 23.3 Å². The van der Waals surface area contributed by atoms with Crippen LogP contribution in [0.2, 0.25) is 0 Å². The summed E-state index contributed by atoms with van der Waals surface area (Å²) in [5, 5.41) is 6.70. The van der Waals surface area contributed by atoms with E-state index in [1.54, 1.807) is 0 Å². The Morgan fingerprint density at radius 3 is 2.72 bits per heavy atom. The van der Waals surface area contributed by atoms with Gasteiger partial charge in [0.2, 0.25) is 0 Å². The number of rotatable bonds is 6. The van der Waals surface area contributed by atoms with Crippen molar-refractivity contribution in [3.05, 3.63) is 16.4 Å². The molecular weight excluding hydrogens is 315 g/mol. The van der Waals surface area contributed by atoms with Crippen LogP contribution in [0.25, 0.3) is 0 Å². The first-order chi connectivity index (χ1) is 8.39. The monoisotopic (exact) mass is 329 g/mol. The molecule has 0 bridgehead atoms. The fourth-order valence-electron chi connectivity index (χ4n) is 1.64. The highest BCUT2D eigenvalue weighted by Crippen LogP contribution is 2.32. The van der Waals surface area contributed by atoms with E-state index in [9.17, 15) is 13.2 Å². The molecule has 0 saturated carbocycles. The van der Waals surface area contributed by atoms with Gasteiger partial charge in [-0.2, -0.15) is 18.3 Å². The molecule has 1 rings (SSSR count). The van der Waals surface area contributed by atoms with Crippen LogP contribution < -0.4 is 5.32 Å². The van der Waals surface area contributed by atoms with Gasteiger partial charge >= 0.3 is 6.18 Å². The topological polar surface area (TPSA) is 39.1 Å². The van der Waals surface area contributed by atoms with Gasteiger partial charge in [0.05, 0.1) is 42.0 Å². The van der Waals surface area contributed by atoms with Gasteiger partial charge < -0.3 is 10.1 Å². The number of nitrogens with zero attached hydrogens (tertiary/aromatic N) is 2. The van der Waals surface area contributed by atoms with Crippen LogP contribution in [0, 0.1) is 0 Å². The number of hydrogen-bond donors (Lipinski definition) is 1. The fraction of sp³-hybridized carbons (Fsp3) is 0.700. The summed E-state index contributed by atoms with van der Waals surface area (Å²) in [6.07, 6.45) is -3.68. The van der Waals surface area contributed by atoms with E-state index >= 15 is 0 Å². The zero-order valence-electron chi connectivity index (χ0n) is 10.1. The van der Waals surface area contributed by atoms with Crippen molar-refractivity contribution in [2.45, 2.75) is 25.2 Å². The summed E-state index contributed by atoms with van der Waals surface area (Å²) in [6, 6.07) is -0.835. The van der Waals surface area contributed by atoms with E-state index in [0.717, 1.165) is 0 Å². The molecule has 0 aliphatic carbocycles. The molecule has 1 atom stereocenters. The van der Waals surface area contributed by atoms with Gasteiger partial charge in [-0.3, -0.25) is 4.68 Å². The lowest BCUT2D eigenvalue weighted by molar-refractivity contribution is -0.140. The summed E-state index contributed by atoms with van der Waals surface area (Å²) < 4.78 is 44.4. The van der Waals surface area contributed by atoms with Crippen molar-refractivity contribution < 1.29 is 17.9 Å². The molecular formula is C10H15BrF3N3O. The third-order valence-electron chi connectivity index (χ3n) is 2.45. The van der Waals surface area contributed by atoms with Crippen LogP contribution in [0.3, 0.4) is 0 Å². The lowest BCUT2D eigenvalue weighted by atomic mass is 10.1. The molecule has 4 nitrogen and oxygen atoms in total. The van der Waals surface area contributed by atoms with E-state index in [-0.39, 0.29) is 0 Å². The molecule has 1 aromatic rings. The van der Waals surface area contributed by atoms with Crippen molar-refractivity contribution in [3.63, 3.8) is 0 Å². The summed E-state index contributed by atoms with van der Waals surface area (Å²) in [5.41, 5.74) is 0.479. The molecule has 0 radical (unpaired) electrons. The van der Waals surface area contributed by atoms with Crippen molar-refractivity contribution in [3.8, 4) is 0 Å². The van der Waals surface area contributed by atoms with Crippen LogP contribution in [0.5, 0.6) is 0 Å². The molecule has 8 heteroatoms. The SMILES string of the molecule is CNC(CC(F)(F)F)c1c(Br)cnn1CCOC. The number of hydrogen-bond acceptors (Lipinski definition) is 3. The van der Waals surface area contributed by atoms with Gasteiger partial charge in [0, 0.05) is 7.11 Å². The summed E-state index contributed by atoms with van der Waals surface area (Å²) in [7, 11) is 3.03. The molecule has 18 heavy (non-hydrogen) atoms. The first-order valence-electron chi connectivity index (χ1n) is 5.33. The van der Waals surface area contributed by atoms with Crippen molar-refractivity contribution >= 4 is 15.9 Å². The van der Waals surface area contributed by atoms with Crippen molar-refractivity contribution in [2.24, 2.45) is 0 Å². The average Bonchev–Trinajstić information content (AvgIpc) is 2.63. The standard InChI is InChI=1S/C10H15BrF3N3O/c1-15-8(5-10(12,13)14)9-7(11)6-16-17(9)3-4-18-2/h6,8,15H,3-5H2,1-2H3. The quantitative estimate of drug-likeness (QED) is 0.871. The Hall–Kier alpha value is -0.600. The number of aromatic nitrogens is 2. The Bertz CT molecular complexity index is 381. The molecule has 0 aliphatic rings. The first kappa shape index (κ1) is 15.5. The highest BCUT2D eigenvalue weighted by molar-refractivity contribution is 9.10. The predicted molar refractivity (Wildman–Crippen MR) is 64.3 cm³/mol. The molecule has 0 aliphatic heterocycles. The molecule has 0 fully saturated rings. The van der Waals surface area contributed by atoms with Crippen LogP contribution in [0.4, 0.5) is 13.2 Å². The second-order valence-electron chi connectivity index (χ2n) is 3.75. The largest absolute Gasteiger partial charge is 0.390 e. The Morgan fingerprint density at radius 1 is 1.56 bits per heavy atom. The molecule has 0 saturated heterocycles. The van der Waals surface area contributed by atoms with Gasteiger partial charge in [-0.25, -0.2) is 0 Å². The highest BCUT2D eigenvalue weighted by atomic mass is 79.9. The molecule has 1 aromatic heterocycles. The Labute approximate surface area is 112 Å². The van der Waals surface area contributed by atoms with E-state index in [4.69, 9.17) is 4.74 Å². The molecule has 1 heterocycles. The number of halogens is 4. The van der Waals surface area contributed by atoms with Crippen LogP contribution >= 0.6 is 15.9 Å². The fourth-order valence-corrected chi connectivity index (χ4v) is 2.21. The maximum atomic E-state index is 12.5. The summed E-state index contributed by atoms with van der Waals surface area (Å²) in [6.45, 7) is 0.803. The predicted octanol–water partition coefficient (Wildman–Crippen LogP) is 2.50. The van der Waals surface area contributed by atoms with E-state index in [2.05, 4.69) is 26.3 Å². The number of alkyl halides is 3. The lowest BCUT2D eigenvalue weighted by Crippen LogP contribution is -2.27. The second-order valence-corrected chi connectivity index (χ2v) is 4.61. The summed E-state index contributed by atoms with van der Waals surface area (Å²) in [4.78, 5) is 0. The molecule has 1 N–H and O–H groups in total. The first-order valence-corrected chi connectivity index (χ1v) is 6.12. The minimum absolute atomic E-state index is 0.392. The second kappa shape index (κ2) is 6.53. The Balaban J connectivity index is 2.93. The Morgan fingerprint density at radius 2 is 2.22 bits per heavy atom. The number of nitrogens with one attached hydrogen (secondary N) is 1. The molecule has 0 spiro atoms. The van der Waals surface area contributed by atoms with Crippen LogP contribution in [0.1, 0.15) is 18.2 Å². The summed E-state index contributed by atoms with van der Waals surface area (Å²) in [5.74, 6) is 0. The summed E-state index contributed by atoms with van der Waals surface area (Å²) >= 11 is 3.23.